The molecular formula is C24H25FN4O6. The van der Waals surface area contributed by atoms with E-state index < -0.39 is 23.8 Å². The zero-order valence-electron chi connectivity index (χ0n) is 19.8. The molecule has 10 nitrogen and oxygen atoms in total. The van der Waals surface area contributed by atoms with Gasteiger partial charge in [0.15, 0.2) is 5.56 Å². The van der Waals surface area contributed by atoms with Crippen molar-refractivity contribution in [2.45, 2.75) is 38.8 Å². The van der Waals surface area contributed by atoms with Crippen molar-refractivity contribution < 1.29 is 32.7 Å². The lowest BCUT2D eigenvalue weighted by Crippen LogP contribution is -2.49. The van der Waals surface area contributed by atoms with Crippen LogP contribution in [0.3, 0.4) is 0 Å². The summed E-state index contributed by atoms with van der Waals surface area (Å²) in [6.07, 6.45) is 2.14. The number of nitrogens with zero attached hydrogens (tertiary/aromatic N) is 4. The van der Waals surface area contributed by atoms with E-state index in [0.717, 1.165) is 0 Å². The lowest BCUT2D eigenvalue weighted by atomic mass is 9.98. The summed E-state index contributed by atoms with van der Waals surface area (Å²) in [5.74, 6) is -1.14. The van der Waals surface area contributed by atoms with Crippen LogP contribution in [-0.4, -0.2) is 64.8 Å². The summed E-state index contributed by atoms with van der Waals surface area (Å²) in [5, 5.41) is 3.84. The molecule has 1 amide bonds. The Labute approximate surface area is 201 Å². The summed E-state index contributed by atoms with van der Waals surface area (Å²) in [6, 6.07) is 5.62. The first-order chi connectivity index (χ1) is 16.8. The third-order valence-electron chi connectivity index (χ3n) is 5.86. The van der Waals surface area contributed by atoms with Gasteiger partial charge in [-0.2, -0.15) is 4.98 Å². The Kier molecular flexibility index (Phi) is 6.94. The van der Waals surface area contributed by atoms with E-state index >= 15 is 0 Å². The standard InChI is InChI=1S/C24H25FN4O6/c1-13-8-9-15(34-22-20(24(31)33-4)18(32-3)10-11-26-22)12-29(13)23(30)19-16(6-5-7-17(19)25)21-27-14(2)35-28-21/h5-7,10-11,13,15H,8-9,12H2,1-4H3/t13-,15-/m1/s1. The van der Waals surface area contributed by atoms with Gasteiger partial charge in [0, 0.05) is 24.7 Å². The van der Waals surface area contributed by atoms with Crippen molar-refractivity contribution >= 4 is 11.9 Å². The predicted molar refractivity (Wildman–Crippen MR) is 121 cm³/mol. The summed E-state index contributed by atoms with van der Waals surface area (Å²) < 4.78 is 36.1. The Balaban J connectivity index is 1.62. The van der Waals surface area contributed by atoms with Crippen LogP contribution in [0.5, 0.6) is 11.6 Å². The van der Waals surface area contributed by atoms with Crippen LogP contribution >= 0.6 is 0 Å². The summed E-state index contributed by atoms with van der Waals surface area (Å²) in [5.41, 5.74) is 0.151. The molecule has 1 aliphatic rings. The number of benzene rings is 1. The smallest absolute Gasteiger partial charge is 0.347 e. The first-order valence-electron chi connectivity index (χ1n) is 11.0. The minimum absolute atomic E-state index is 0.0389. The number of hydrogen-bond acceptors (Lipinski definition) is 9. The molecule has 0 bridgehead atoms. The molecule has 2 atom stereocenters. The number of carbonyl (C=O) groups excluding carboxylic acids is 2. The van der Waals surface area contributed by atoms with Gasteiger partial charge in [-0.05, 0) is 31.9 Å². The molecule has 4 rings (SSSR count). The molecule has 0 saturated carbocycles. The topological polar surface area (TPSA) is 117 Å². The van der Waals surface area contributed by atoms with Crippen LogP contribution in [0.1, 0.15) is 46.4 Å². The molecule has 0 N–H and O–H groups in total. The van der Waals surface area contributed by atoms with E-state index in [0.29, 0.717) is 18.7 Å². The lowest BCUT2D eigenvalue weighted by molar-refractivity contribution is 0.0354. The summed E-state index contributed by atoms with van der Waals surface area (Å²) in [4.78, 5) is 35.8. The van der Waals surface area contributed by atoms with Gasteiger partial charge < -0.3 is 23.6 Å². The predicted octanol–water partition coefficient (Wildman–Crippen LogP) is 3.45. The SMILES string of the molecule is COC(=O)c1c(OC)ccnc1O[C@@H]1CC[C@@H](C)N(C(=O)c2c(F)cccc2-c2noc(C)n2)C1. The molecule has 2 aromatic heterocycles. The number of rotatable bonds is 6. The van der Waals surface area contributed by atoms with Crippen molar-refractivity contribution in [3.05, 3.63) is 53.3 Å². The number of halogens is 1. The maximum absolute atomic E-state index is 14.9. The maximum Gasteiger partial charge on any atom is 0.347 e. The molecule has 184 valence electrons. The van der Waals surface area contributed by atoms with Crippen LogP contribution in [0.15, 0.2) is 35.0 Å². The first-order valence-corrected chi connectivity index (χ1v) is 11.0. The monoisotopic (exact) mass is 484 g/mol. The van der Waals surface area contributed by atoms with Gasteiger partial charge in [0.1, 0.15) is 17.7 Å². The second-order valence-corrected chi connectivity index (χ2v) is 8.11. The Morgan fingerprint density at radius 1 is 1.17 bits per heavy atom. The molecule has 35 heavy (non-hydrogen) atoms. The van der Waals surface area contributed by atoms with Gasteiger partial charge in [0.2, 0.25) is 17.6 Å². The number of amides is 1. The van der Waals surface area contributed by atoms with Crippen molar-refractivity contribution in [3.63, 3.8) is 0 Å². The minimum atomic E-state index is -0.687. The highest BCUT2D eigenvalue weighted by Crippen LogP contribution is 2.31. The van der Waals surface area contributed by atoms with E-state index in [1.807, 2.05) is 6.92 Å². The average molecular weight is 484 g/mol. The van der Waals surface area contributed by atoms with Crippen LogP contribution in [0.4, 0.5) is 4.39 Å². The Hall–Kier alpha value is -4.02. The van der Waals surface area contributed by atoms with Crippen molar-refractivity contribution in [2.24, 2.45) is 0 Å². The normalized spacial score (nSPS) is 17.7. The Bertz CT molecular complexity index is 1250. The number of carbonyl (C=O) groups is 2. The zero-order chi connectivity index (χ0) is 25.1. The van der Waals surface area contributed by atoms with Crippen molar-refractivity contribution in [1.29, 1.82) is 0 Å². The number of esters is 1. The van der Waals surface area contributed by atoms with Crippen LogP contribution in [0, 0.1) is 12.7 Å². The van der Waals surface area contributed by atoms with E-state index in [1.165, 1.54) is 38.6 Å². The number of aryl methyl sites for hydroxylation is 1. The summed E-state index contributed by atoms with van der Waals surface area (Å²) >= 11 is 0. The van der Waals surface area contributed by atoms with E-state index in [2.05, 4.69) is 15.1 Å². The molecule has 11 heteroatoms. The number of likely N-dealkylation sites (tertiary alicyclic amines) is 1. The highest BCUT2D eigenvalue weighted by atomic mass is 19.1. The Morgan fingerprint density at radius 2 is 1.97 bits per heavy atom. The fourth-order valence-electron chi connectivity index (χ4n) is 4.07. The van der Waals surface area contributed by atoms with Crippen molar-refractivity contribution in [2.75, 3.05) is 20.8 Å². The molecule has 1 fully saturated rings. The zero-order valence-corrected chi connectivity index (χ0v) is 19.8. The van der Waals surface area contributed by atoms with Gasteiger partial charge in [0.25, 0.3) is 5.91 Å². The van der Waals surface area contributed by atoms with Gasteiger partial charge in [-0.3, -0.25) is 4.79 Å². The van der Waals surface area contributed by atoms with E-state index in [-0.39, 0.29) is 46.7 Å². The molecule has 1 aliphatic heterocycles. The van der Waals surface area contributed by atoms with Crippen LogP contribution in [-0.2, 0) is 4.74 Å². The third-order valence-corrected chi connectivity index (χ3v) is 5.86. The van der Waals surface area contributed by atoms with Gasteiger partial charge in [-0.25, -0.2) is 14.2 Å². The highest BCUT2D eigenvalue weighted by Gasteiger charge is 2.35. The molecule has 1 aromatic carbocycles. The number of hydrogen-bond donors (Lipinski definition) is 0. The minimum Gasteiger partial charge on any atom is -0.496 e. The molecule has 0 radical (unpaired) electrons. The number of piperidine rings is 1. The van der Waals surface area contributed by atoms with Crippen LogP contribution < -0.4 is 9.47 Å². The largest absolute Gasteiger partial charge is 0.496 e. The van der Waals surface area contributed by atoms with Gasteiger partial charge in [0.05, 0.1) is 26.3 Å². The average Bonchev–Trinajstić information content (AvgIpc) is 3.30. The van der Waals surface area contributed by atoms with Crippen molar-refractivity contribution in [1.82, 2.24) is 20.0 Å². The fourth-order valence-corrected chi connectivity index (χ4v) is 4.07. The number of pyridine rings is 1. The molecule has 0 spiro atoms. The third kappa shape index (κ3) is 4.79. The Morgan fingerprint density at radius 3 is 2.66 bits per heavy atom. The van der Waals surface area contributed by atoms with E-state index in [1.54, 1.807) is 17.9 Å². The second-order valence-electron chi connectivity index (χ2n) is 8.11. The van der Waals surface area contributed by atoms with Gasteiger partial charge >= 0.3 is 5.97 Å². The quantitative estimate of drug-likeness (QED) is 0.485. The highest BCUT2D eigenvalue weighted by molar-refractivity contribution is 6.00. The van der Waals surface area contributed by atoms with Crippen molar-refractivity contribution in [3.8, 4) is 23.0 Å². The first kappa shape index (κ1) is 24.1. The van der Waals surface area contributed by atoms with Crippen LogP contribution in [0.25, 0.3) is 11.4 Å². The number of aromatic nitrogens is 3. The molecule has 0 aliphatic carbocycles. The van der Waals surface area contributed by atoms with E-state index in [4.69, 9.17) is 18.7 Å². The number of methoxy groups -OCH3 is 2. The maximum atomic E-state index is 14.9. The number of ether oxygens (including phenoxy) is 3. The fraction of sp³-hybridized carbons (Fsp3) is 0.375. The lowest BCUT2D eigenvalue weighted by Gasteiger charge is -2.38. The van der Waals surface area contributed by atoms with Crippen LogP contribution in [0.2, 0.25) is 0 Å². The van der Waals surface area contributed by atoms with E-state index in [9.17, 15) is 14.0 Å². The van der Waals surface area contributed by atoms with Gasteiger partial charge in [-0.1, -0.05) is 17.3 Å². The molecular weight excluding hydrogens is 459 g/mol. The molecule has 0 unspecified atom stereocenters. The molecule has 1 saturated heterocycles. The van der Waals surface area contributed by atoms with Gasteiger partial charge in [-0.15, -0.1) is 0 Å². The summed E-state index contributed by atoms with van der Waals surface area (Å²) in [7, 11) is 2.67. The molecule has 3 aromatic rings. The second kappa shape index (κ2) is 10.1. The summed E-state index contributed by atoms with van der Waals surface area (Å²) in [6.45, 7) is 3.65. The molecule has 3 heterocycles.